The first-order chi connectivity index (χ1) is 11.7. The maximum Gasteiger partial charge on any atom is 0.246 e. The van der Waals surface area contributed by atoms with Crippen molar-refractivity contribution in [1.82, 2.24) is 10.4 Å². The highest BCUT2D eigenvalue weighted by atomic mass is 79.9. The third-order valence-electron chi connectivity index (χ3n) is 3.44. The Balaban J connectivity index is 1.49. The minimum atomic E-state index is -0.179. The lowest BCUT2D eigenvalue weighted by Gasteiger charge is -2.26. The molecular formula is C16H17BrN4O2S. The Hall–Kier alpha value is -1.77. The fourth-order valence-electron chi connectivity index (χ4n) is 2.21. The quantitative estimate of drug-likeness (QED) is 0.609. The van der Waals surface area contributed by atoms with E-state index >= 15 is 0 Å². The van der Waals surface area contributed by atoms with Crippen LogP contribution in [-0.2, 0) is 16.0 Å². The number of benzene rings is 1. The summed E-state index contributed by atoms with van der Waals surface area (Å²) in [5, 5.41) is 6.84. The molecule has 1 aromatic heterocycles. The van der Waals surface area contributed by atoms with E-state index in [0.29, 0.717) is 0 Å². The van der Waals surface area contributed by atoms with Crippen LogP contribution in [0.25, 0.3) is 0 Å². The summed E-state index contributed by atoms with van der Waals surface area (Å²) in [6.07, 6.45) is 1.84. The van der Waals surface area contributed by atoms with Crippen LogP contribution in [0.4, 0.5) is 5.13 Å². The number of hydrogen-bond donors (Lipinski definition) is 1. The Bertz CT molecular complexity index is 711. The number of hydrogen-bond acceptors (Lipinski definition) is 6. The molecular weight excluding hydrogens is 392 g/mol. The molecule has 0 unspecified atom stereocenters. The third kappa shape index (κ3) is 4.86. The summed E-state index contributed by atoms with van der Waals surface area (Å²) in [7, 11) is 0. The summed E-state index contributed by atoms with van der Waals surface area (Å²) in [4.78, 5) is 18.6. The number of anilines is 1. The number of carbonyl (C=O) groups excluding carboxylic acids is 1. The molecule has 1 N–H and O–H groups in total. The van der Waals surface area contributed by atoms with Gasteiger partial charge in [0.15, 0.2) is 5.13 Å². The van der Waals surface area contributed by atoms with Crippen LogP contribution in [-0.4, -0.2) is 43.4 Å². The molecule has 0 radical (unpaired) electrons. The number of amides is 1. The molecule has 126 valence electrons. The van der Waals surface area contributed by atoms with Gasteiger partial charge in [0.2, 0.25) is 5.91 Å². The van der Waals surface area contributed by atoms with E-state index in [1.807, 2.05) is 29.6 Å². The highest BCUT2D eigenvalue weighted by molar-refractivity contribution is 9.10. The summed E-state index contributed by atoms with van der Waals surface area (Å²) in [5.74, 6) is -0.179. The molecule has 2 heterocycles. The van der Waals surface area contributed by atoms with E-state index in [2.05, 4.69) is 36.3 Å². The third-order valence-corrected chi connectivity index (χ3v) is 4.91. The van der Waals surface area contributed by atoms with E-state index < -0.39 is 0 Å². The van der Waals surface area contributed by atoms with Gasteiger partial charge in [-0.1, -0.05) is 28.1 Å². The lowest BCUT2D eigenvalue weighted by atomic mass is 10.2. The second-order valence-electron chi connectivity index (χ2n) is 5.24. The zero-order valence-corrected chi connectivity index (χ0v) is 15.3. The van der Waals surface area contributed by atoms with Gasteiger partial charge in [-0.3, -0.25) is 4.79 Å². The van der Waals surface area contributed by atoms with Crippen LogP contribution in [0.1, 0.15) is 11.3 Å². The number of halogens is 1. The van der Waals surface area contributed by atoms with E-state index in [4.69, 9.17) is 4.74 Å². The molecule has 0 saturated carbocycles. The average molecular weight is 409 g/mol. The zero-order valence-electron chi connectivity index (χ0n) is 12.9. The molecule has 0 aliphatic carbocycles. The molecule has 3 rings (SSSR count). The molecule has 1 aromatic carbocycles. The number of nitrogens with zero attached hydrogens (tertiary/aromatic N) is 3. The van der Waals surface area contributed by atoms with E-state index in [0.717, 1.165) is 47.2 Å². The molecule has 0 bridgehead atoms. The van der Waals surface area contributed by atoms with Gasteiger partial charge in [-0.15, -0.1) is 11.3 Å². The summed E-state index contributed by atoms with van der Waals surface area (Å²) in [6, 6.07) is 7.67. The maximum absolute atomic E-state index is 11.9. The average Bonchev–Trinajstić information content (AvgIpc) is 3.06. The molecule has 1 fully saturated rings. The number of nitrogens with one attached hydrogen (secondary N) is 1. The van der Waals surface area contributed by atoms with Gasteiger partial charge in [0, 0.05) is 22.9 Å². The molecule has 0 spiro atoms. The summed E-state index contributed by atoms with van der Waals surface area (Å²) in [6.45, 7) is 3.13. The predicted molar refractivity (Wildman–Crippen MR) is 98.7 cm³/mol. The number of carbonyl (C=O) groups is 1. The van der Waals surface area contributed by atoms with Gasteiger partial charge in [0.05, 0.1) is 31.5 Å². The molecule has 1 aliphatic heterocycles. The van der Waals surface area contributed by atoms with Gasteiger partial charge < -0.3 is 9.64 Å². The lowest BCUT2D eigenvalue weighted by molar-refractivity contribution is -0.120. The van der Waals surface area contributed by atoms with Crippen molar-refractivity contribution in [1.29, 1.82) is 0 Å². The van der Waals surface area contributed by atoms with Gasteiger partial charge in [0.25, 0.3) is 0 Å². The lowest BCUT2D eigenvalue weighted by Crippen LogP contribution is -2.36. The number of thiazole rings is 1. The van der Waals surface area contributed by atoms with Gasteiger partial charge in [-0.05, 0) is 17.7 Å². The van der Waals surface area contributed by atoms with Gasteiger partial charge in [0.1, 0.15) is 0 Å². The highest BCUT2D eigenvalue weighted by Crippen LogP contribution is 2.21. The predicted octanol–water partition coefficient (Wildman–Crippen LogP) is 2.44. The van der Waals surface area contributed by atoms with Crippen molar-refractivity contribution in [2.75, 3.05) is 31.2 Å². The fourth-order valence-corrected chi connectivity index (χ4v) is 3.35. The molecule has 8 heteroatoms. The number of hydrazone groups is 1. The van der Waals surface area contributed by atoms with E-state index in [9.17, 15) is 4.79 Å². The maximum atomic E-state index is 11.9. The van der Waals surface area contributed by atoms with Crippen LogP contribution in [0.2, 0.25) is 0 Å². The van der Waals surface area contributed by atoms with Crippen molar-refractivity contribution >= 4 is 44.5 Å². The van der Waals surface area contributed by atoms with Crippen molar-refractivity contribution in [2.24, 2.45) is 5.10 Å². The largest absolute Gasteiger partial charge is 0.378 e. The van der Waals surface area contributed by atoms with Gasteiger partial charge in [-0.2, -0.15) is 5.10 Å². The Morgan fingerprint density at radius 3 is 2.88 bits per heavy atom. The standard InChI is InChI=1S/C16H17BrN4O2S/c17-13-3-1-12(2-4-13)10-18-20-15(22)9-14-11-24-16(19-14)21-5-7-23-8-6-21/h1-4,10-11H,5-9H2,(H,20,22)/b18-10-. The van der Waals surface area contributed by atoms with Gasteiger partial charge in [-0.25, -0.2) is 10.4 Å². The molecule has 6 nitrogen and oxygen atoms in total. The number of ether oxygens (including phenoxy) is 1. The molecule has 1 amide bonds. The monoisotopic (exact) mass is 408 g/mol. The molecule has 24 heavy (non-hydrogen) atoms. The van der Waals surface area contributed by atoms with Crippen LogP contribution in [0.15, 0.2) is 39.2 Å². The summed E-state index contributed by atoms with van der Waals surface area (Å²) >= 11 is 4.93. The zero-order chi connectivity index (χ0) is 16.8. The van der Waals surface area contributed by atoms with Crippen LogP contribution in [0, 0.1) is 0 Å². The van der Waals surface area contributed by atoms with E-state index in [-0.39, 0.29) is 12.3 Å². The van der Waals surface area contributed by atoms with Crippen LogP contribution in [0.5, 0.6) is 0 Å². The minimum Gasteiger partial charge on any atom is -0.378 e. The second-order valence-corrected chi connectivity index (χ2v) is 6.99. The van der Waals surface area contributed by atoms with Crippen LogP contribution < -0.4 is 10.3 Å². The van der Waals surface area contributed by atoms with Crippen LogP contribution in [0.3, 0.4) is 0 Å². The van der Waals surface area contributed by atoms with Gasteiger partial charge >= 0.3 is 0 Å². The van der Waals surface area contributed by atoms with Crippen molar-refractivity contribution in [2.45, 2.75) is 6.42 Å². The fraction of sp³-hybridized carbons (Fsp3) is 0.312. The Kier molecular flexibility index (Phi) is 5.95. The van der Waals surface area contributed by atoms with Crippen LogP contribution >= 0.6 is 27.3 Å². The summed E-state index contributed by atoms with van der Waals surface area (Å²) < 4.78 is 6.34. The van der Waals surface area contributed by atoms with Crippen molar-refractivity contribution < 1.29 is 9.53 Å². The highest BCUT2D eigenvalue weighted by Gasteiger charge is 2.15. The number of aromatic nitrogens is 1. The Labute approximate surface area is 152 Å². The first kappa shape index (κ1) is 17.1. The Morgan fingerprint density at radius 2 is 2.12 bits per heavy atom. The SMILES string of the molecule is O=C(Cc1csc(N2CCOCC2)n1)N/N=C\c1ccc(Br)cc1. The van der Waals surface area contributed by atoms with E-state index in [1.54, 1.807) is 17.6 Å². The number of rotatable bonds is 5. The Morgan fingerprint density at radius 1 is 1.38 bits per heavy atom. The van der Waals surface area contributed by atoms with Crippen molar-refractivity contribution in [3.05, 3.63) is 45.4 Å². The minimum absolute atomic E-state index is 0.179. The molecule has 1 aliphatic rings. The smallest absolute Gasteiger partial charge is 0.246 e. The number of morpholine rings is 1. The first-order valence-corrected chi connectivity index (χ1v) is 9.22. The molecule has 0 atom stereocenters. The summed E-state index contributed by atoms with van der Waals surface area (Å²) in [5.41, 5.74) is 4.21. The molecule has 2 aromatic rings. The molecule has 1 saturated heterocycles. The second kappa shape index (κ2) is 8.36. The van der Waals surface area contributed by atoms with E-state index in [1.165, 1.54) is 0 Å². The van der Waals surface area contributed by atoms with Crippen molar-refractivity contribution in [3.63, 3.8) is 0 Å². The van der Waals surface area contributed by atoms with Crippen molar-refractivity contribution in [3.8, 4) is 0 Å². The normalized spacial score (nSPS) is 15.0. The first-order valence-electron chi connectivity index (χ1n) is 7.55. The topological polar surface area (TPSA) is 66.8 Å².